The van der Waals surface area contributed by atoms with Crippen LogP contribution in [-0.2, 0) is 6.18 Å². The largest absolute Gasteiger partial charge is 0.452 e. The average Bonchev–Trinajstić information content (AvgIpc) is 3.44. The van der Waals surface area contributed by atoms with Crippen molar-refractivity contribution in [2.45, 2.75) is 33.0 Å². The fourth-order valence-electron chi connectivity index (χ4n) is 4.37. The van der Waals surface area contributed by atoms with Gasteiger partial charge in [0.15, 0.2) is 34.5 Å². The van der Waals surface area contributed by atoms with Gasteiger partial charge in [-0.3, -0.25) is 14.3 Å². The Balaban J connectivity index is 1.63. The Labute approximate surface area is 223 Å². The summed E-state index contributed by atoms with van der Waals surface area (Å²) >= 11 is 0. The number of imidazole rings is 1. The molecule has 0 bridgehead atoms. The van der Waals surface area contributed by atoms with Crippen molar-refractivity contribution in [2.24, 2.45) is 5.73 Å². The molecule has 0 aliphatic rings. The lowest BCUT2D eigenvalue weighted by Gasteiger charge is -2.12. The Morgan fingerprint density at radius 3 is 2.42 bits per heavy atom. The SMILES string of the molecule is Cc1ccnc(-n2nc(-c3ccc(Oc4ccnc5[nH]c(=O)n(C(C)C)c45)c(F)c3)c(C(N)=O)c2C(F)(F)F)c1. The van der Waals surface area contributed by atoms with Crippen molar-refractivity contribution in [3.63, 3.8) is 0 Å². The van der Waals surface area contributed by atoms with Gasteiger partial charge in [0.25, 0.3) is 5.91 Å². The summed E-state index contributed by atoms with van der Waals surface area (Å²) in [7, 11) is 0. The molecule has 0 aliphatic carbocycles. The zero-order valence-corrected chi connectivity index (χ0v) is 21.2. The van der Waals surface area contributed by atoms with Crippen molar-refractivity contribution >= 4 is 17.1 Å². The highest BCUT2D eigenvalue weighted by Gasteiger charge is 2.43. The number of hydrogen-bond acceptors (Lipinski definition) is 6. The van der Waals surface area contributed by atoms with Crippen LogP contribution in [0.25, 0.3) is 28.2 Å². The maximum atomic E-state index is 15.3. The van der Waals surface area contributed by atoms with Gasteiger partial charge in [0.05, 0.1) is 5.56 Å². The maximum absolute atomic E-state index is 15.3. The third-order valence-electron chi connectivity index (χ3n) is 6.03. The van der Waals surface area contributed by atoms with Crippen LogP contribution in [0.1, 0.15) is 41.5 Å². The van der Waals surface area contributed by atoms with Crippen LogP contribution in [0, 0.1) is 12.7 Å². The van der Waals surface area contributed by atoms with Gasteiger partial charge in [0.2, 0.25) is 0 Å². The van der Waals surface area contributed by atoms with E-state index in [-0.39, 0.29) is 34.6 Å². The van der Waals surface area contributed by atoms with Gasteiger partial charge in [0.1, 0.15) is 11.2 Å². The van der Waals surface area contributed by atoms with E-state index in [1.54, 1.807) is 26.8 Å². The fourth-order valence-corrected chi connectivity index (χ4v) is 4.37. The number of nitrogens with zero attached hydrogens (tertiary/aromatic N) is 5. The predicted octanol–water partition coefficient (Wildman–Crippen LogP) is 4.91. The first-order chi connectivity index (χ1) is 18.9. The first kappa shape index (κ1) is 26.6. The van der Waals surface area contributed by atoms with Crippen molar-refractivity contribution in [3.05, 3.63) is 81.9 Å². The summed E-state index contributed by atoms with van der Waals surface area (Å²) in [5.74, 6) is -2.75. The van der Waals surface area contributed by atoms with Crippen LogP contribution in [0.5, 0.6) is 11.5 Å². The number of primary amides is 1. The summed E-state index contributed by atoms with van der Waals surface area (Å²) in [6.45, 7) is 5.20. The normalized spacial score (nSPS) is 11.9. The summed E-state index contributed by atoms with van der Waals surface area (Å²) in [6, 6.07) is 7.39. The van der Waals surface area contributed by atoms with E-state index in [1.807, 2.05) is 0 Å². The molecule has 206 valence electrons. The molecule has 0 spiro atoms. The zero-order valence-electron chi connectivity index (χ0n) is 21.2. The molecular weight excluding hydrogens is 534 g/mol. The molecule has 1 aromatic carbocycles. The number of benzene rings is 1. The van der Waals surface area contributed by atoms with Gasteiger partial charge < -0.3 is 10.5 Å². The molecule has 0 fully saturated rings. The first-order valence-electron chi connectivity index (χ1n) is 11.9. The number of aromatic nitrogens is 6. The number of carbonyl (C=O) groups excluding carboxylic acids is 1. The number of rotatable bonds is 6. The van der Waals surface area contributed by atoms with Gasteiger partial charge in [0, 0.05) is 30.1 Å². The molecule has 0 saturated carbocycles. The van der Waals surface area contributed by atoms with Crippen LogP contribution in [-0.4, -0.2) is 35.2 Å². The van der Waals surface area contributed by atoms with Gasteiger partial charge in [-0.05, 0) is 56.7 Å². The number of fused-ring (bicyclic) bond motifs is 1. The highest BCUT2D eigenvalue weighted by Crippen LogP contribution is 2.39. The molecule has 10 nitrogen and oxygen atoms in total. The Hall–Kier alpha value is -5.01. The number of hydrogen-bond donors (Lipinski definition) is 2. The molecule has 40 heavy (non-hydrogen) atoms. The number of carbonyl (C=O) groups is 1. The summed E-state index contributed by atoms with van der Waals surface area (Å²) in [4.78, 5) is 35.3. The number of aryl methyl sites for hydroxylation is 1. The topological polar surface area (TPSA) is 134 Å². The van der Waals surface area contributed by atoms with E-state index >= 15 is 4.39 Å². The molecule has 4 heterocycles. The third kappa shape index (κ3) is 4.57. The third-order valence-corrected chi connectivity index (χ3v) is 6.03. The van der Waals surface area contributed by atoms with Crippen LogP contribution in [0.15, 0.2) is 53.6 Å². The number of nitrogens with one attached hydrogen (secondary N) is 1. The van der Waals surface area contributed by atoms with Gasteiger partial charge in [-0.15, -0.1) is 0 Å². The van der Waals surface area contributed by atoms with Crippen LogP contribution >= 0.6 is 0 Å². The number of H-pyrrole nitrogens is 1. The zero-order chi connectivity index (χ0) is 28.9. The summed E-state index contributed by atoms with van der Waals surface area (Å²) in [5.41, 5.74) is 3.05. The van der Waals surface area contributed by atoms with E-state index in [9.17, 15) is 22.8 Å². The summed E-state index contributed by atoms with van der Waals surface area (Å²) in [5, 5.41) is 3.98. The predicted molar refractivity (Wildman–Crippen MR) is 136 cm³/mol. The molecule has 5 aromatic rings. The number of nitrogens with two attached hydrogens (primary N) is 1. The number of pyridine rings is 2. The Morgan fingerprint density at radius 2 is 1.80 bits per heavy atom. The molecule has 5 rings (SSSR count). The second-order valence-corrected chi connectivity index (χ2v) is 9.18. The number of ether oxygens (including phenoxy) is 1. The minimum atomic E-state index is -5.04. The minimum absolute atomic E-state index is 0.121. The molecule has 4 aromatic heterocycles. The van der Waals surface area contributed by atoms with Gasteiger partial charge in [-0.1, -0.05) is 0 Å². The van der Waals surface area contributed by atoms with E-state index < -0.39 is 40.5 Å². The Kier molecular flexibility index (Phi) is 6.40. The van der Waals surface area contributed by atoms with Gasteiger partial charge in [-0.25, -0.2) is 23.8 Å². The van der Waals surface area contributed by atoms with Crippen LogP contribution in [0.4, 0.5) is 17.6 Å². The van der Waals surface area contributed by atoms with E-state index in [1.165, 1.54) is 41.2 Å². The Morgan fingerprint density at radius 1 is 1.07 bits per heavy atom. The number of halogens is 4. The Bertz CT molecular complexity index is 1840. The van der Waals surface area contributed by atoms with Crippen molar-refractivity contribution in [2.75, 3.05) is 0 Å². The molecule has 1 amide bonds. The lowest BCUT2D eigenvalue weighted by molar-refractivity contribution is -0.143. The fraction of sp³-hybridized carbons (Fsp3) is 0.192. The monoisotopic (exact) mass is 555 g/mol. The summed E-state index contributed by atoms with van der Waals surface area (Å²) in [6.07, 6.45) is -2.38. The number of amides is 1. The van der Waals surface area contributed by atoms with E-state index in [4.69, 9.17) is 10.5 Å². The van der Waals surface area contributed by atoms with Crippen molar-refractivity contribution in [1.82, 2.24) is 29.3 Å². The number of aromatic amines is 1. The molecule has 0 aliphatic heterocycles. The van der Waals surface area contributed by atoms with Gasteiger partial charge in [-0.2, -0.15) is 18.3 Å². The van der Waals surface area contributed by atoms with Crippen molar-refractivity contribution in [3.8, 4) is 28.6 Å². The first-order valence-corrected chi connectivity index (χ1v) is 11.9. The van der Waals surface area contributed by atoms with E-state index in [2.05, 4.69) is 20.1 Å². The lowest BCUT2D eigenvalue weighted by Crippen LogP contribution is -2.21. The second kappa shape index (κ2) is 9.63. The van der Waals surface area contributed by atoms with Gasteiger partial charge >= 0.3 is 11.9 Å². The highest BCUT2D eigenvalue weighted by atomic mass is 19.4. The quantitative estimate of drug-likeness (QED) is 0.286. The summed E-state index contributed by atoms with van der Waals surface area (Å²) < 4.78 is 65.5. The number of alkyl halides is 3. The van der Waals surface area contributed by atoms with Crippen LogP contribution in [0.3, 0.4) is 0 Å². The van der Waals surface area contributed by atoms with E-state index in [0.29, 0.717) is 15.8 Å². The molecular formula is C26H21F4N7O3. The molecule has 0 unspecified atom stereocenters. The minimum Gasteiger partial charge on any atom is -0.452 e. The average molecular weight is 555 g/mol. The standard InChI is InChI=1S/C26H21F4N7O3/c1-12(2)36-21-17(7-9-33-24(21)34-25(36)39)40-16-5-4-14(11-15(16)27)20-19(23(31)38)22(26(28,29)30)37(35-20)18-10-13(3)6-8-32-18/h4-12H,1-3H3,(H2,31,38)(H,33,34,39). The second-order valence-electron chi connectivity index (χ2n) is 9.18. The van der Waals surface area contributed by atoms with Crippen molar-refractivity contribution in [1.29, 1.82) is 0 Å². The molecule has 0 atom stereocenters. The molecule has 14 heteroatoms. The molecule has 0 saturated heterocycles. The molecule has 3 N–H and O–H groups in total. The smallest absolute Gasteiger partial charge is 0.434 e. The van der Waals surface area contributed by atoms with Crippen LogP contribution in [0.2, 0.25) is 0 Å². The maximum Gasteiger partial charge on any atom is 0.434 e. The highest BCUT2D eigenvalue weighted by molar-refractivity contribution is 6.00. The van der Waals surface area contributed by atoms with Crippen molar-refractivity contribution < 1.29 is 27.1 Å². The lowest BCUT2D eigenvalue weighted by atomic mass is 10.0. The van der Waals surface area contributed by atoms with E-state index in [0.717, 1.165) is 6.07 Å². The van der Waals surface area contributed by atoms with Crippen LogP contribution < -0.4 is 16.2 Å². The molecule has 0 radical (unpaired) electrons.